The number of hydrogen-bond donors (Lipinski definition) is 2. The van der Waals surface area contributed by atoms with Crippen LogP contribution in [0, 0.1) is 13.8 Å². The number of halogens is 3. The fourth-order valence-corrected chi connectivity index (χ4v) is 2.86. The minimum atomic E-state index is -4.40. The molecule has 3 N–H and O–H groups in total. The molecule has 0 aliphatic heterocycles. The van der Waals surface area contributed by atoms with Crippen LogP contribution in [-0.2, 0) is 12.6 Å². The summed E-state index contributed by atoms with van der Waals surface area (Å²) in [6.45, 7) is 4.23. The van der Waals surface area contributed by atoms with Crippen molar-refractivity contribution in [2.24, 2.45) is 10.7 Å². The highest BCUT2D eigenvalue weighted by molar-refractivity contribution is 7.09. The number of aliphatic imine (C=N–C) groups is 1. The van der Waals surface area contributed by atoms with Gasteiger partial charge in [0.25, 0.3) is 0 Å². The van der Waals surface area contributed by atoms with Crippen molar-refractivity contribution in [2.45, 2.75) is 26.4 Å². The lowest BCUT2D eigenvalue weighted by Crippen LogP contribution is -2.23. The van der Waals surface area contributed by atoms with Gasteiger partial charge in [0.15, 0.2) is 11.7 Å². The molecule has 124 valence electrons. The van der Waals surface area contributed by atoms with Crippen molar-refractivity contribution in [1.82, 2.24) is 4.98 Å². The number of thiazole rings is 1. The molecule has 0 fully saturated rings. The molecule has 0 amide bonds. The van der Waals surface area contributed by atoms with Gasteiger partial charge in [-0.3, -0.25) is 4.99 Å². The van der Waals surface area contributed by atoms with Crippen LogP contribution < -0.4 is 11.1 Å². The molecular formula is C15H17F3N4S. The van der Waals surface area contributed by atoms with Crippen molar-refractivity contribution >= 4 is 23.0 Å². The van der Waals surface area contributed by atoms with E-state index in [0.717, 1.165) is 33.5 Å². The summed E-state index contributed by atoms with van der Waals surface area (Å²) >= 11 is 0.974. The van der Waals surface area contributed by atoms with Gasteiger partial charge in [-0.2, -0.15) is 13.2 Å². The van der Waals surface area contributed by atoms with E-state index in [1.165, 1.54) is 0 Å². The zero-order chi connectivity index (χ0) is 17.0. The normalized spacial score (nSPS) is 12.5. The van der Waals surface area contributed by atoms with Crippen LogP contribution in [0.25, 0.3) is 0 Å². The first kappa shape index (κ1) is 17.3. The number of nitrogens with two attached hydrogens (primary N) is 1. The zero-order valence-electron chi connectivity index (χ0n) is 12.7. The lowest BCUT2D eigenvalue weighted by atomic mass is 10.1. The van der Waals surface area contributed by atoms with Gasteiger partial charge in [-0.25, -0.2) is 4.98 Å². The molecule has 23 heavy (non-hydrogen) atoms. The third-order valence-corrected chi connectivity index (χ3v) is 3.85. The van der Waals surface area contributed by atoms with Crippen LogP contribution in [0.1, 0.15) is 21.8 Å². The van der Waals surface area contributed by atoms with E-state index in [-0.39, 0.29) is 12.5 Å². The van der Waals surface area contributed by atoms with Crippen molar-refractivity contribution in [2.75, 3.05) is 11.9 Å². The first-order valence-electron chi connectivity index (χ1n) is 6.91. The van der Waals surface area contributed by atoms with Gasteiger partial charge in [-0.1, -0.05) is 6.07 Å². The van der Waals surface area contributed by atoms with Gasteiger partial charge in [0.05, 0.1) is 5.01 Å². The van der Waals surface area contributed by atoms with Gasteiger partial charge in [-0.05, 0) is 37.1 Å². The highest BCUT2D eigenvalue weighted by Gasteiger charge is 2.33. The average Bonchev–Trinajstić information content (AvgIpc) is 2.86. The Morgan fingerprint density at radius 1 is 1.26 bits per heavy atom. The second-order valence-corrected chi connectivity index (χ2v) is 6.09. The van der Waals surface area contributed by atoms with Gasteiger partial charge >= 0.3 is 6.18 Å². The van der Waals surface area contributed by atoms with Crippen LogP contribution in [0.5, 0.6) is 0 Å². The highest BCUT2D eigenvalue weighted by Crippen LogP contribution is 2.30. The summed E-state index contributed by atoms with van der Waals surface area (Å²) in [5, 5.41) is 4.37. The number of aryl methyl sites for hydroxylation is 2. The Kier molecular flexibility index (Phi) is 5.25. The molecule has 0 saturated carbocycles. The summed E-state index contributed by atoms with van der Waals surface area (Å²) in [6.07, 6.45) is -4.09. The minimum Gasteiger partial charge on any atom is -0.370 e. The van der Waals surface area contributed by atoms with Crippen LogP contribution in [0.3, 0.4) is 0 Å². The molecule has 0 radical (unpaired) electrons. The molecule has 0 bridgehead atoms. The maximum absolute atomic E-state index is 12.4. The molecule has 0 atom stereocenters. The molecule has 0 saturated heterocycles. The third kappa shape index (κ3) is 5.24. The number of rotatable bonds is 4. The Hall–Kier alpha value is -2.09. The topological polar surface area (TPSA) is 63.3 Å². The first-order valence-corrected chi connectivity index (χ1v) is 7.79. The zero-order valence-corrected chi connectivity index (χ0v) is 13.6. The van der Waals surface area contributed by atoms with Crippen molar-refractivity contribution in [3.63, 3.8) is 0 Å². The number of aromatic nitrogens is 1. The molecule has 0 unspecified atom stereocenters. The Morgan fingerprint density at radius 2 is 1.91 bits per heavy atom. The molecule has 8 heteroatoms. The maximum atomic E-state index is 12.4. The molecule has 4 nitrogen and oxygen atoms in total. The SMILES string of the molecule is Cc1cc(C)cc(NC(N)=NCCc2nc(C(F)(F)F)cs2)c1. The standard InChI is InChI=1S/C15H17F3N4S/c1-9-5-10(2)7-11(6-9)21-14(19)20-4-3-13-22-12(8-23-13)15(16,17)18/h5-8H,3-4H2,1-2H3,(H3,19,20,21). The summed E-state index contributed by atoms with van der Waals surface area (Å²) in [6, 6.07) is 5.91. The van der Waals surface area contributed by atoms with Crippen LogP contribution in [0.2, 0.25) is 0 Å². The van der Waals surface area contributed by atoms with Crippen molar-refractivity contribution in [1.29, 1.82) is 0 Å². The molecule has 2 aromatic rings. The van der Waals surface area contributed by atoms with Gasteiger partial charge in [0.1, 0.15) is 0 Å². The number of anilines is 1. The fraction of sp³-hybridized carbons (Fsp3) is 0.333. The molecule has 1 aromatic carbocycles. The van der Waals surface area contributed by atoms with E-state index in [0.29, 0.717) is 11.4 Å². The highest BCUT2D eigenvalue weighted by atomic mass is 32.1. The lowest BCUT2D eigenvalue weighted by molar-refractivity contribution is -0.140. The van der Waals surface area contributed by atoms with Gasteiger partial charge in [0.2, 0.25) is 0 Å². The Labute approximate surface area is 136 Å². The molecule has 1 aromatic heterocycles. The minimum absolute atomic E-state index is 0.225. The van der Waals surface area contributed by atoms with Crippen LogP contribution >= 0.6 is 11.3 Å². The van der Waals surface area contributed by atoms with E-state index in [1.807, 2.05) is 32.0 Å². The number of nitrogens with zero attached hydrogens (tertiary/aromatic N) is 2. The van der Waals surface area contributed by atoms with E-state index in [4.69, 9.17) is 5.73 Å². The lowest BCUT2D eigenvalue weighted by Gasteiger charge is -2.07. The number of alkyl halides is 3. The summed E-state index contributed by atoms with van der Waals surface area (Å²) in [4.78, 5) is 7.66. The first-order chi connectivity index (χ1) is 10.7. The smallest absolute Gasteiger partial charge is 0.370 e. The van der Waals surface area contributed by atoms with Crippen LogP contribution in [0.4, 0.5) is 18.9 Å². The van der Waals surface area contributed by atoms with E-state index in [2.05, 4.69) is 15.3 Å². The average molecular weight is 342 g/mol. The molecule has 1 heterocycles. The summed E-state index contributed by atoms with van der Waals surface area (Å²) in [7, 11) is 0. The quantitative estimate of drug-likeness (QED) is 0.657. The maximum Gasteiger partial charge on any atom is 0.434 e. The Balaban J connectivity index is 1.91. The van der Waals surface area contributed by atoms with Crippen LogP contribution in [0.15, 0.2) is 28.6 Å². The van der Waals surface area contributed by atoms with Gasteiger partial charge < -0.3 is 11.1 Å². The van der Waals surface area contributed by atoms with Gasteiger partial charge in [-0.15, -0.1) is 11.3 Å². The fourth-order valence-electron chi connectivity index (χ4n) is 2.06. The van der Waals surface area contributed by atoms with Gasteiger partial charge in [0, 0.05) is 24.0 Å². The second kappa shape index (κ2) is 6.99. The third-order valence-electron chi connectivity index (χ3n) is 2.94. The summed E-state index contributed by atoms with van der Waals surface area (Å²) in [5.41, 5.74) is 7.96. The molecule has 0 spiro atoms. The molecule has 2 rings (SSSR count). The predicted octanol–water partition coefficient (Wildman–Crippen LogP) is 3.75. The summed E-state index contributed by atoms with van der Waals surface area (Å²) in [5.74, 6) is 0.225. The van der Waals surface area contributed by atoms with E-state index in [1.54, 1.807) is 0 Å². The van der Waals surface area contributed by atoms with E-state index < -0.39 is 11.9 Å². The van der Waals surface area contributed by atoms with E-state index >= 15 is 0 Å². The van der Waals surface area contributed by atoms with Crippen LogP contribution in [-0.4, -0.2) is 17.5 Å². The van der Waals surface area contributed by atoms with Crippen molar-refractivity contribution < 1.29 is 13.2 Å². The number of nitrogens with one attached hydrogen (secondary N) is 1. The predicted molar refractivity (Wildman–Crippen MR) is 86.8 cm³/mol. The second-order valence-electron chi connectivity index (χ2n) is 5.14. The molecule has 0 aliphatic carbocycles. The number of hydrogen-bond acceptors (Lipinski definition) is 3. The summed E-state index contributed by atoms with van der Waals surface area (Å²) < 4.78 is 37.3. The molecule has 0 aliphatic rings. The molecular weight excluding hydrogens is 325 g/mol. The largest absolute Gasteiger partial charge is 0.434 e. The Bertz CT molecular complexity index is 687. The van der Waals surface area contributed by atoms with E-state index in [9.17, 15) is 13.2 Å². The van der Waals surface area contributed by atoms with Crippen molar-refractivity contribution in [3.8, 4) is 0 Å². The van der Waals surface area contributed by atoms with Crippen molar-refractivity contribution in [3.05, 3.63) is 45.4 Å². The number of guanidine groups is 1. The number of benzene rings is 1. The monoisotopic (exact) mass is 342 g/mol. The Morgan fingerprint density at radius 3 is 2.48 bits per heavy atom.